The number of hydrogen-bond donors (Lipinski definition) is 2. The van der Waals surface area contributed by atoms with Crippen LogP contribution < -0.4 is 10.6 Å². The van der Waals surface area contributed by atoms with Gasteiger partial charge >= 0.3 is 0 Å². The van der Waals surface area contributed by atoms with E-state index in [-0.39, 0.29) is 5.91 Å². The Kier molecular flexibility index (Phi) is 5.43. The fourth-order valence-corrected chi connectivity index (χ4v) is 2.30. The number of rotatable bonds is 5. The average molecular weight is 279 g/mol. The van der Waals surface area contributed by atoms with Crippen molar-refractivity contribution in [2.24, 2.45) is 5.92 Å². The molecule has 102 valence electrons. The highest BCUT2D eigenvalue weighted by molar-refractivity contribution is 6.30. The van der Waals surface area contributed by atoms with Gasteiger partial charge in [0.15, 0.2) is 0 Å². The molecule has 1 aliphatic carbocycles. The van der Waals surface area contributed by atoms with Gasteiger partial charge in [-0.1, -0.05) is 23.8 Å². The maximum Gasteiger partial charge on any atom is 0.238 e. The summed E-state index contributed by atoms with van der Waals surface area (Å²) in [5.41, 5.74) is 0.775. The van der Waals surface area contributed by atoms with Gasteiger partial charge in [0.25, 0.3) is 0 Å². The summed E-state index contributed by atoms with van der Waals surface area (Å²) in [6.07, 6.45) is 7.94. The smallest absolute Gasteiger partial charge is 0.238 e. The summed E-state index contributed by atoms with van der Waals surface area (Å²) in [6, 6.07) is 7.12. The van der Waals surface area contributed by atoms with E-state index in [0.717, 1.165) is 25.1 Å². The molecule has 2 N–H and O–H groups in total. The maximum atomic E-state index is 11.7. The van der Waals surface area contributed by atoms with Gasteiger partial charge in [-0.05, 0) is 56.0 Å². The molecular weight excluding hydrogens is 260 g/mol. The standard InChI is InChI=1S/C15H19ClN2O/c16-13-6-8-14(9-7-13)18-15(19)11-17-10-12-4-2-1-3-5-12/h1-2,6-9,12,17H,3-5,10-11H2,(H,18,19). The predicted octanol–water partition coefficient (Wildman–Crippen LogP) is 3.22. The van der Waals surface area contributed by atoms with E-state index in [4.69, 9.17) is 11.6 Å². The van der Waals surface area contributed by atoms with E-state index in [9.17, 15) is 4.79 Å². The molecule has 0 fully saturated rings. The summed E-state index contributed by atoms with van der Waals surface area (Å²) in [5, 5.41) is 6.72. The summed E-state index contributed by atoms with van der Waals surface area (Å²) < 4.78 is 0. The molecule has 0 aliphatic heterocycles. The topological polar surface area (TPSA) is 41.1 Å². The van der Waals surface area contributed by atoms with Crippen molar-refractivity contribution < 1.29 is 4.79 Å². The van der Waals surface area contributed by atoms with Crippen LogP contribution in [0.3, 0.4) is 0 Å². The number of carbonyl (C=O) groups excluding carboxylic acids is 1. The molecule has 19 heavy (non-hydrogen) atoms. The van der Waals surface area contributed by atoms with E-state index in [2.05, 4.69) is 22.8 Å². The zero-order valence-corrected chi connectivity index (χ0v) is 11.6. The first-order chi connectivity index (χ1) is 9.24. The average Bonchev–Trinajstić information content (AvgIpc) is 2.43. The lowest BCUT2D eigenvalue weighted by atomic mass is 9.94. The van der Waals surface area contributed by atoms with Crippen molar-refractivity contribution in [3.8, 4) is 0 Å². The molecule has 0 saturated heterocycles. The Bertz CT molecular complexity index is 442. The SMILES string of the molecule is O=C(CNCC1CC=CCC1)Nc1ccc(Cl)cc1. The lowest BCUT2D eigenvalue weighted by Crippen LogP contribution is -2.32. The second-order valence-corrected chi connectivity index (χ2v) is 5.27. The molecule has 0 aromatic heterocycles. The molecule has 4 heteroatoms. The molecule has 1 aromatic carbocycles. The second-order valence-electron chi connectivity index (χ2n) is 4.84. The number of carbonyl (C=O) groups is 1. The van der Waals surface area contributed by atoms with E-state index < -0.39 is 0 Å². The van der Waals surface area contributed by atoms with Crippen LogP contribution in [0.1, 0.15) is 19.3 Å². The quantitative estimate of drug-likeness (QED) is 0.812. The van der Waals surface area contributed by atoms with Gasteiger partial charge in [-0.2, -0.15) is 0 Å². The van der Waals surface area contributed by atoms with Gasteiger partial charge in [0.2, 0.25) is 5.91 Å². The Hall–Kier alpha value is -1.32. The molecule has 0 radical (unpaired) electrons. The number of allylic oxidation sites excluding steroid dienone is 2. The van der Waals surface area contributed by atoms with Gasteiger partial charge in [0, 0.05) is 10.7 Å². The fourth-order valence-electron chi connectivity index (χ4n) is 2.17. The number of benzene rings is 1. The van der Waals surface area contributed by atoms with Crippen LogP contribution in [0, 0.1) is 5.92 Å². The van der Waals surface area contributed by atoms with Gasteiger partial charge < -0.3 is 10.6 Å². The summed E-state index contributed by atoms with van der Waals surface area (Å²) in [6.45, 7) is 1.25. The molecule has 0 heterocycles. The van der Waals surface area contributed by atoms with E-state index in [1.54, 1.807) is 24.3 Å². The number of hydrogen-bond acceptors (Lipinski definition) is 2. The van der Waals surface area contributed by atoms with Crippen LogP contribution in [0.25, 0.3) is 0 Å². The van der Waals surface area contributed by atoms with Crippen molar-refractivity contribution in [1.29, 1.82) is 0 Å². The van der Waals surface area contributed by atoms with Gasteiger partial charge in [-0.25, -0.2) is 0 Å². The first-order valence-electron chi connectivity index (χ1n) is 6.65. The Morgan fingerprint density at radius 2 is 2.05 bits per heavy atom. The Morgan fingerprint density at radius 3 is 2.74 bits per heavy atom. The molecule has 1 atom stereocenters. The zero-order chi connectivity index (χ0) is 13.5. The molecular formula is C15H19ClN2O. The van der Waals surface area contributed by atoms with Crippen molar-refractivity contribution in [3.05, 3.63) is 41.4 Å². The molecule has 3 nitrogen and oxygen atoms in total. The first-order valence-corrected chi connectivity index (χ1v) is 7.03. The Morgan fingerprint density at radius 1 is 1.26 bits per heavy atom. The highest BCUT2D eigenvalue weighted by Crippen LogP contribution is 2.16. The van der Waals surface area contributed by atoms with Crippen molar-refractivity contribution in [2.75, 3.05) is 18.4 Å². The third-order valence-corrected chi connectivity index (χ3v) is 3.48. The first kappa shape index (κ1) is 14.1. The number of nitrogens with one attached hydrogen (secondary N) is 2. The molecule has 0 bridgehead atoms. The molecule has 0 saturated carbocycles. The summed E-state index contributed by atoms with van der Waals surface area (Å²) in [7, 11) is 0. The van der Waals surface area contributed by atoms with Gasteiger partial charge in [0.1, 0.15) is 0 Å². The third kappa shape index (κ3) is 5.05. The lowest BCUT2D eigenvalue weighted by Gasteiger charge is -2.17. The molecule has 1 aromatic rings. The second kappa shape index (κ2) is 7.31. The van der Waals surface area contributed by atoms with Crippen LogP contribution in [-0.2, 0) is 4.79 Å². The largest absolute Gasteiger partial charge is 0.325 e. The predicted molar refractivity (Wildman–Crippen MR) is 79.4 cm³/mol. The van der Waals surface area contributed by atoms with Crippen LogP contribution in [-0.4, -0.2) is 19.0 Å². The van der Waals surface area contributed by atoms with E-state index in [1.165, 1.54) is 6.42 Å². The molecule has 1 unspecified atom stereocenters. The van der Waals surface area contributed by atoms with E-state index in [1.807, 2.05) is 0 Å². The summed E-state index contributed by atoms with van der Waals surface area (Å²) in [5.74, 6) is 0.641. The Balaban J connectivity index is 1.67. The molecule has 1 amide bonds. The zero-order valence-electron chi connectivity index (χ0n) is 10.9. The number of anilines is 1. The van der Waals surface area contributed by atoms with Crippen molar-refractivity contribution in [1.82, 2.24) is 5.32 Å². The highest BCUT2D eigenvalue weighted by atomic mass is 35.5. The van der Waals surface area contributed by atoms with Crippen molar-refractivity contribution in [3.63, 3.8) is 0 Å². The van der Waals surface area contributed by atoms with Crippen LogP contribution >= 0.6 is 11.6 Å². The molecule has 0 spiro atoms. The minimum absolute atomic E-state index is 0.0197. The number of halogens is 1. The van der Waals surface area contributed by atoms with Crippen LogP contribution in [0.15, 0.2) is 36.4 Å². The molecule has 2 rings (SSSR count). The third-order valence-electron chi connectivity index (χ3n) is 3.22. The lowest BCUT2D eigenvalue weighted by molar-refractivity contribution is -0.115. The van der Waals surface area contributed by atoms with Crippen LogP contribution in [0.4, 0.5) is 5.69 Å². The Labute approximate surface area is 119 Å². The highest BCUT2D eigenvalue weighted by Gasteiger charge is 2.10. The van der Waals surface area contributed by atoms with Gasteiger partial charge in [-0.15, -0.1) is 0 Å². The van der Waals surface area contributed by atoms with Gasteiger partial charge in [0.05, 0.1) is 6.54 Å². The molecule has 1 aliphatic rings. The summed E-state index contributed by atoms with van der Waals surface area (Å²) in [4.78, 5) is 11.7. The van der Waals surface area contributed by atoms with Crippen LogP contribution in [0.2, 0.25) is 5.02 Å². The van der Waals surface area contributed by atoms with Crippen molar-refractivity contribution >= 4 is 23.2 Å². The monoisotopic (exact) mass is 278 g/mol. The maximum absolute atomic E-state index is 11.7. The number of amides is 1. The van der Waals surface area contributed by atoms with E-state index >= 15 is 0 Å². The van der Waals surface area contributed by atoms with Gasteiger partial charge in [-0.3, -0.25) is 4.79 Å². The van der Waals surface area contributed by atoms with Crippen molar-refractivity contribution in [2.45, 2.75) is 19.3 Å². The van der Waals surface area contributed by atoms with E-state index in [0.29, 0.717) is 17.5 Å². The summed E-state index contributed by atoms with van der Waals surface area (Å²) >= 11 is 5.79. The minimum atomic E-state index is -0.0197. The normalized spacial score (nSPS) is 18.3. The van der Waals surface area contributed by atoms with Crippen LogP contribution in [0.5, 0.6) is 0 Å². The minimum Gasteiger partial charge on any atom is -0.325 e. The fraction of sp³-hybridized carbons (Fsp3) is 0.400.